The summed E-state index contributed by atoms with van der Waals surface area (Å²) in [5.41, 5.74) is 3.39. The number of rotatable bonds is 3. The summed E-state index contributed by atoms with van der Waals surface area (Å²) in [4.78, 5) is 17.6. The average molecular weight is 407 g/mol. The molecule has 7 heteroatoms. The molecular weight excluding hydrogens is 388 g/mol. The van der Waals surface area contributed by atoms with Crippen molar-refractivity contribution in [1.29, 1.82) is 0 Å². The second-order valence-corrected chi connectivity index (χ2v) is 7.56. The van der Waals surface area contributed by atoms with Crippen molar-refractivity contribution in [1.82, 2.24) is 14.8 Å². The quantitative estimate of drug-likeness (QED) is 0.686. The highest BCUT2D eigenvalue weighted by Gasteiger charge is 2.37. The van der Waals surface area contributed by atoms with E-state index in [1.54, 1.807) is 11.8 Å². The van der Waals surface area contributed by atoms with Crippen molar-refractivity contribution in [2.24, 2.45) is 0 Å². The predicted octanol–water partition coefficient (Wildman–Crippen LogP) is 4.63. The van der Waals surface area contributed by atoms with Gasteiger partial charge < -0.3 is 10.1 Å². The number of hydrogen-bond acceptors (Lipinski definition) is 5. The van der Waals surface area contributed by atoms with Gasteiger partial charge in [-0.15, -0.1) is 5.10 Å². The van der Waals surface area contributed by atoms with Crippen molar-refractivity contribution in [2.75, 3.05) is 12.4 Å². The van der Waals surface area contributed by atoms with Gasteiger partial charge in [0.25, 0.3) is 0 Å². The van der Waals surface area contributed by atoms with Crippen LogP contribution >= 0.6 is 11.6 Å². The Morgan fingerprint density at radius 1 is 1.14 bits per heavy atom. The van der Waals surface area contributed by atoms with Crippen molar-refractivity contribution in [3.05, 3.63) is 70.4 Å². The molecule has 1 atom stereocenters. The number of fused-ring (bicyclic) bond motifs is 1. The van der Waals surface area contributed by atoms with E-state index in [4.69, 9.17) is 26.4 Å². The molecule has 1 N–H and O–H groups in total. The minimum Gasteiger partial charge on any atom is -0.497 e. The molecule has 0 radical (unpaired) electrons. The molecule has 1 aliphatic heterocycles. The van der Waals surface area contributed by atoms with Crippen molar-refractivity contribution in [3.63, 3.8) is 0 Å². The molecular formula is C22H19ClN4O2. The summed E-state index contributed by atoms with van der Waals surface area (Å²) in [5.74, 6) is 2.11. The topological polar surface area (TPSA) is 69.0 Å². The normalized spacial score (nSPS) is 18.1. The Labute approximate surface area is 173 Å². The highest BCUT2D eigenvalue weighted by atomic mass is 35.5. The molecule has 1 unspecified atom stereocenters. The lowest BCUT2D eigenvalue weighted by molar-refractivity contribution is -0.116. The van der Waals surface area contributed by atoms with Crippen molar-refractivity contribution >= 4 is 23.3 Å². The van der Waals surface area contributed by atoms with Crippen LogP contribution < -0.4 is 10.1 Å². The third-order valence-corrected chi connectivity index (χ3v) is 5.76. The first-order chi connectivity index (χ1) is 14.2. The molecule has 29 heavy (non-hydrogen) atoms. The molecule has 5 rings (SSSR count). The molecule has 2 aromatic carbocycles. The Balaban J connectivity index is 1.66. The molecule has 3 aromatic rings. The molecule has 0 spiro atoms. The summed E-state index contributed by atoms with van der Waals surface area (Å²) in [6, 6.07) is 14.8. The molecule has 0 amide bonds. The zero-order valence-corrected chi connectivity index (χ0v) is 16.6. The van der Waals surface area contributed by atoms with Crippen LogP contribution in [-0.2, 0) is 4.79 Å². The monoisotopic (exact) mass is 406 g/mol. The highest BCUT2D eigenvalue weighted by molar-refractivity contribution is 6.31. The number of anilines is 1. The number of methoxy groups -OCH3 is 1. The van der Waals surface area contributed by atoms with Crippen LogP contribution in [0.1, 0.15) is 30.9 Å². The van der Waals surface area contributed by atoms with Gasteiger partial charge in [-0.3, -0.25) is 4.79 Å². The predicted molar refractivity (Wildman–Crippen MR) is 111 cm³/mol. The van der Waals surface area contributed by atoms with Gasteiger partial charge in [0, 0.05) is 33.8 Å². The van der Waals surface area contributed by atoms with E-state index in [0.717, 1.165) is 41.0 Å². The fourth-order valence-electron chi connectivity index (χ4n) is 4.00. The number of nitrogens with one attached hydrogen (secondary N) is 1. The maximum absolute atomic E-state index is 12.9. The van der Waals surface area contributed by atoms with Gasteiger partial charge in [0.2, 0.25) is 5.95 Å². The highest BCUT2D eigenvalue weighted by Crippen LogP contribution is 2.42. The Morgan fingerprint density at radius 2 is 1.93 bits per heavy atom. The van der Waals surface area contributed by atoms with E-state index in [9.17, 15) is 4.79 Å². The summed E-state index contributed by atoms with van der Waals surface area (Å²) in [6.45, 7) is 0. The van der Waals surface area contributed by atoms with Gasteiger partial charge in [-0.1, -0.05) is 29.8 Å². The number of carbonyl (C=O) groups is 1. The zero-order valence-electron chi connectivity index (χ0n) is 15.9. The van der Waals surface area contributed by atoms with E-state index in [-0.39, 0.29) is 11.8 Å². The maximum Gasteiger partial charge on any atom is 0.226 e. The van der Waals surface area contributed by atoms with Crippen LogP contribution in [0.4, 0.5) is 5.95 Å². The average Bonchev–Trinajstić information content (AvgIpc) is 3.17. The largest absolute Gasteiger partial charge is 0.497 e. The Morgan fingerprint density at radius 3 is 2.69 bits per heavy atom. The lowest BCUT2D eigenvalue weighted by atomic mass is 9.85. The van der Waals surface area contributed by atoms with Crippen molar-refractivity contribution in [3.8, 4) is 17.1 Å². The summed E-state index contributed by atoms with van der Waals surface area (Å²) in [6.07, 6.45) is 2.18. The van der Waals surface area contributed by atoms with Gasteiger partial charge in [0.15, 0.2) is 11.6 Å². The molecule has 0 fully saturated rings. The van der Waals surface area contributed by atoms with Crippen LogP contribution in [0.2, 0.25) is 5.02 Å². The summed E-state index contributed by atoms with van der Waals surface area (Å²) in [7, 11) is 1.63. The van der Waals surface area contributed by atoms with Gasteiger partial charge in [0.1, 0.15) is 11.8 Å². The van der Waals surface area contributed by atoms with Gasteiger partial charge in [-0.25, -0.2) is 4.68 Å². The van der Waals surface area contributed by atoms with E-state index in [1.807, 2.05) is 48.5 Å². The van der Waals surface area contributed by atoms with Crippen LogP contribution in [-0.4, -0.2) is 27.7 Å². The number of aromatic nitrogens is 3. The molecule has 0 saturated carbocycles. The van der Waals surface area contributed by atoms with E-state index < -0.39 is 0 Å². The third-order valence-electron chi connectivity index (χ3n) is 5.42. The molecule has 0 bridgehead atoms. The number of carbonyl (C=O) groups excluding carboxylic acids is 1. The van der Waals surface area contributed by atoms with Gasteiger partial charge in [0.05, 0.1) is 7.11 Å². The minimum absolute atomic E-state index is 0.135. The first-order valence-electron chi connectivity index (χ1n) is 9.54. The van der Waals surface area contributed by atoms with Crippen molar-refractivity contribution < 1.29 is 9.53 Å². The molecule has 6 nitrogen and oxygen atoms in total. The second kappa shape index (κ2) is 7.04. The number of ether oxygens (including phenoxy) is 1. The molecule has 0 saturated heterocycles. The number of halogens is 1. The second-order valence-electron chi connectivity index (χ2n) is 7.15. The number of Topliss-reactive ketones (excluding diaryl/α,β-unsaturated/α-hetero) is 1. The molecule has 2 heterocycles. The lowest BCUT2D eigenvalue weighted by Crippen LogP contribution is -2.31. The van der Waals surface area contributed by atoms with E-state index in [0.29, 0.717) is 23.2 Å². The Hall–Kier alpha value is -3.12. The fraction of sp³-hybridized carbons (Fsp3) is 0.227. The fourth-order valence-corrected chi connectivity index (χ4v) is 4.24. The smallest absolute Gasteiger partial charge is 0.226 e. The number of hydrogen-bond donors (Lipinski definition) is 1. The van der Waals surface area contributed by atoms with Crippen LogP contribution in [0.5, 0.6) is 5.75 Å². The summed E-state index contributed by atoms with van der Waals surface area (Å²) < 4.78 is 7.01. The molecule has 1 aromatic heterocycles. The molecule has 146 valence electrons. The Kier molecular flexibility index (Phi) is 4.36. The molecule has 2 aliphatic rings. The van der Waals surface area contributed by atoms with E-state index in [2.05, 4.69) is 5.32 Å². The summed E-state index contributed by atoms with van der Waals surface area (Å²) in [5, 5.41) is 8.71. The zero-order chi connectivity index (χ0) is 20.0. The molecule has 1 aliphatic carbocycles. The Bertz CT molecular complexity index is 1130. The van der Waals surface area contributed by atoms with Gasteiger partial charge in [-0.05, 0) is 43.2 Å². The standard InChI is InChI=1S/C22H19ClN4O2/c1-29-14-11-9-13(10-12-14)21-25-22-24-17-7-4-8-18(28)19(17)20(27(22)26-21)15-5-2-3-6-16(15)23/h2-3,5-6,9-12,20H,4,7-8H2,1H3,(H,24,25,26). The van der Waals surface area contributed by atoms with E-state index >= 15 is 0 Å². The minimum atomic E-state index is -0.387. The van der Waals surface area contributed by atoms with Crippen LogP contribution in [0.25, 0.3) is 11.4 Å². The van der Waals surface area contributed by atoms with E-state index in [1.165, 1.54) is 0 Å². The van der Waals surface area contributed by atoms with Crippen molar-refractivity contribution in [2.45, 2.75) is 25.3 Å². The first kappa shape index (κ1) is 17.9. The number of benzene rings is 2. The summed E-state index contributed by atoms with van der Waals surface area (Å²) >= 11 is 6.53. The number of ketones is 1. The van der Waals surface area contributed by atoms with Crippen LogP contribution in [0.3, 0.4) is 0 Å². The van der Waals surface area contributed by atoms with Crippen LogP contribution in [0, 0.1) is 0 Å². The SMILES string of the molecule is COc1ccc(-c2nc3n(n2)C(c2ccccc2Cl)C2=C(CCCC2=O)N3)cc1. The van der Waals surface area contributed by atoms with Crippen LogP contribution in [0.15, 0.2) is 59.8 Å². The number of allylic oxidation sites excluding steroid dienone is 2. The first-order valence-corrected chi connectivity index (χ1v) is 9.92. The maximum atomic E-state index is 12.9. The van der Waals surface area contributed by atoms with Gasteiger partial charge >= 0.3 is 0 Å². The number of nitrogens with zero attached hydrogens (tertiary/aromatic N) is 3. The van der Waals surface area contributed by atoms with Gasteiger partial charge in [-0.2, -0.15) is 4.98 Å². The lowest BCUT2D eigenvalue weighted by Gasteiger charge is -2.32. The third kappa shape index (κ3) is 3.00.